The second-order valence-corrected chi connectivity index (χ2v) is 4.19. The summed E-state index contributed by atoms with van der Waals surface area (Å²) in [5.41, 5.74) is 0.716. The molecule has 1 rings (SSSR count). The number of hydrogen-bond acceptors (Lipinski definition) is 3. The second kappa shape index (κ2) is 7.41. The highest BCUT2D eigenvalue weighted by Gasteiger charge is 2.11. The van der Waals surface area contributed by atoms with Gasteiger partial charge < -0.3 is 15.3 Å². The standard InChI is InChI=1S/C14H20N2O3/c1-3-16(4-2)14(19)10-15-13(18)9-11-6-5-7-12(17)8-11/h5-8,17H,3-4,9-10H2,1-2H3,(H,15,18). The largest absolute Gasteiger partial charge is 0.508 e. The Bertz CT molecular complexity index is 442. The van der Waals surface area contributed by atoms with Gasteiger partial charge in [-0.2, -0.15) is 0 Å². The molecule has 1 aromatic carbocycles. The average Bonchev–Trinajstić information content (AvgIpc) is 2.38. The first-order valence-corrected chi connectivity index (χ1v) is 6.39. The number of rotatable bonds is 6. The first kappa shape index (κ1) is 15.0. The maximum Gasteiger partial charge on any atom is 0.241 e. The van der Waals surface area contributed by atoms with E-state index in [1.54, 1.807) is 23.1 Å². The van der Waals surface area contributed by atoms with Gasteiger partial charge in [-0.05, 0) is 31.5 Å². The van der Waals surface area contributed by atoms with E-state index < -0.39 is 0 Å². The van der Waals surface area contributed by atoms with E-state index in [9.17, 15) is 14.7 Å². The minimum Gasteiger partial charge on any atom is -0.508 e. The third-order valence-electron chi connectivity index (χ3n) is 2.83. The zero-order valence-corrected chi connectivity index (χ0v) is 11.3. The van der Waals surface area contributed by atoms with Gasteiger partial charge in [0.1, 0.15) is 5.75 Å². The molecule has 1 aromatic rings. The fourth-order valence-corrected chi connectivity index (χ4v) is 1.78. The van der Waals surface area contributed by atoms with E-state index in [1.165, 1.54) is 6.07 Å². The van der Waals surface area contributed by atoms with Crippen LogP contribution in [0, 0.1) is 0 Å². The van der Waals surface area contributed by atoms with Crippen LogP contribution < -0.4 is 5.32 Å². The van der Waals surface area contributed by atoms with Crippen molar-refractivity contribution in [3.05, 3.63) is 29.8 Å². The van der Waals surface area contributed by atoms with Crippen molar-refractivity contribution in [2.45, 2.75) is 20.3 Å². The van der Waals surface area contributed by atoms with Crippen LogP contribution in [0.5, 0.6) is 5.75 Å². The molecule has 5 heteroatoms. The number of amides is 2. The third kappa shape index (κ3) is 4.99. The van der Waals surface area contributed by atoms with Crippen molar-refractivity contribution in [2.24, 2.45) is 0 Å². The highest BCUT2D eigenvalue weighted by Crippen LogP contribution is 2.11. The molecular formula is C14H20N2O3. The first-order valence-electron chi connectivity index (χ1n) is 6.39. The summed E-state index contributed by atoms with van der Waals surface area (Å²) >= 11 is 0. The van der Waals surface area contributed by atoms with Crippen molar-refractivity contribution in [1.82, 2.24) is 10.2 Å². The van der Waals surface area contributed by atoms with Crippen LogP contribution >= 0.6 is 0 Å². The van der Waals surface area contributed by atoms with E-state index in [2.05, 4.69) is 5.32 Å². The number of carbonyl (C=O) groups excluding carboxylic acids is 2. The highest BCUT2D eigenvalue weighted by atomic mass is 16.3. The number of benzene rings is 1. The summed E-state index contributed by atoms with van der Waals surface area (Å²) in [6.45, 7) is 5.08. The zero-order chi connectivity index (χ0) is 14.3. The Morgan fingerprint density at radius 1 is 1.26 bits per heavy atom. The summed E-state index contributed by atoms with van der Waals surface area (Å²) in [5.74, 6) is -0.190. The number of nitrogens with one attached hydrogen (secondary N) is 1. The fourth-order valence-electron chi connectivity index (χ4n) is 1.78. The molecule has 0 atom stereocenters. The smallest absolute Gasteiger partial charge is 0.241 e. The second-order valence-electron chi connectivity index (χ2n) is 4.19. The summed E-state index contributed by atoms with van der Waals surface area (Å²) in [4.78, 5) is 25.0. The summed E-state index contributed by atoms with van der Waals surface area (Å²) in [7, 11) is 0. The van der Waals surface area contributed by atoms with E-state index >= 15 is 0 Å². The van der Waals surface area contributed by atoms with Crippen molar-refractivity contribution in [3.63, 3.8) is 0 Å². The first-order chi connectivity index (χ1) is 9.06. The molecule has 0 spiro atoms. The van der Waals surface area contributed by atoms with Gasteiger partial charge in [-0.3, -0.25) is 9.59 Å². The average molecular weight is 264 g/mol. The summed E-state index contributed by atoms with van der Waals surface area (Å²) < 4.78 is 0. The number of hydrogen-bond donors (Lipinski definition) is 2. The molecule has 0 aromatic heterocycles. The molecule has 5 nitrogen and oxygen atoms in total. The van der Waals surface area contributed by atoms with Crippen LogP contribution in [0.2, 0.25) is 0 Å². The summed E-state index contributed by atoms with van der Waals surface area (Å²) in [5, 5.41) is 11.9. The van der Waals surface area contributed by atoms with Crippen LogP contribution in [-0.2, 0) is 16.0 Å². The number of likely N-dealkylation sites (N-methyl/N-ethyl adjacent to an activating group) is 1. The molecule has 0 fully saturated rings. The van der Waals surface area contributed by atoms with Gasteiger partial charge in [0.2, 0.25) is 11.8 Å². The van der Waals surface area contributed by atoms with Crippen molar-refractivity contribution in [3.8, 4) is 5.75 Å². The minimum atomic E-state index is -0.230. The molecule has 0 radical (unpaired) electrons. The van der Waals surface area contributed by atoms with Gasteiger partial charge >= 0.3 is 0 Å². The normalized spacial score (nSPS) is 10.0. The molecule has 0 heterocycles. The lowest BCUT2D eigenvalue weighted by Gasteiger charge is -2.18. The number of phenolic OH excluding ortho intramolecular Hbond substituents is 1. The van der Waals surface area contributed by atoms with Crippen LogP contribution in [-0.4, -0.2) is 41.5 Å². The predicted molar refractivity (Wildman–Crippen MR) is 72.7 cm³/mol. The molecule has 104 valence electrons. The van der Waals surface area contributed by atoms with Crippen LogP contribution in [0.3, 0.4) is 0 Å². The molecule has 2 N–H and O–H groups in total. The molecule has 19 heavy (non-hydrogen) atoms. The van der Waals surface area contributed by atoms with Gasteiger partial charge in [0.15, 0.2) is 0 Å². The minimum absolute atomic E-state index is 0.0132. The maximum absolute atomic E-state index is 11.7. The Morgan fingerprint density at radius 3 is 2.53 bits per heavy atom. The SMILES string of the molecule is CCN(CC)C(=O)CNC(=O)Cc1cccc(O)c1. The molecular weight excluding hydrogens is 244 g/mol. The van der Waals surface area contributed by atoms with Gasteiger partial charge in [-0.1, -0.05) is 12.1 Å². The van der Waals surface area contributed by atoms with Crippen molar-refractivity contribution in [2.75, 3.05) is 19.6 Å². The van der Waals surface area contributed by atoms with E-state index in [1.807, 2.05) is 13.8 Å². The maximum atomic E-state index is 11.7. The van der Waals surface area contributed by atoms with E-state index in [4.69, 9.17) is 0 Å². The van der Waals surface area contributed by atoms with Crippen LogP contribution in [0.15, 0.2) is 24.3 Å². The molecule has 0 aliphatic rings. The Hall–Kier alpha value is -2.04. The molecule has 0 bridgehead atoms. The fraction of sp³-hybridized carbons (Fsp3) is 0.429. The lowest BCUT2D eigenvalue weighted by Crippen LogP contribution is -2.40. The van der Waals surface area contributed by atoms with Gasteiger partial charge in [0, 0.05) is 13.1 Å². The van der Waals surface area contributed by atoms with Crippen LogP contribution in [0.1, 0.15) is 19.4 Å². The van der Waals surface area contributed by atoms with E-state index in [0.717, 1.165) is 0 Å². The van der Waals surface area contributed by atoms with Crippen molar-refractivity contribution >= 4 is 11.8 Å². The number of phenols is 1. The lowest BCUT2D eigenvalue weighted by molar-refractivity contribution is -0.132. The Morgan fingerprint density at radius 2 is 1.95 bits per heavy atom. The van der Waals surface area contributed by atoms with Gasteiger partial charge in [0.05, 0.1) is 13.0 Å². The highest BCUT2D eigenvalue weighted by molar-refractivity contribution is 5.85. The van der Waals surface area contributed by atoms with Gasteiger partial charge in [-0.15, -0.1) is 0 Å². The third-order valence-corrected chi connectivity index (χ3v) is 2.83. The predicted octanol–water partition coefficient (Wildman–Crippen LogP) is 0.919. The lowest BCUT2D eigenvalue weighted by atomic mass is 10.1. The van der Waals surface area contributed by atoms with Crippen LogP contribution in [0.4, 0.5) is 0 Å². The van der Waals surface area contributed by atoms with E-state index in [0.29, 0.717) is 18.7 Å². The van der Waals surface area contributed by atoms with E-state index in [-0.39, 0.29) is 30.5 Å². The topological polar surface area (TPSA) is 69.6 Å². The monoisotopic (exact) mass is 264 g/mol. The van der Waals surface area contributed by atoms with Gasteiger partial charge in [0.25, 0.3) is 0 Å². The Kier molecular flexibility index (Phi) is 5.85. The van der Waals surface area contributed by atoms with Crippen LogP contribution in [0.25, 0.3) is 0 Å². The van der Waals surface area contributed by atoms with Gasteiger partial charge in [-0.25, -0.2) is 0 Å². The zero-order valence-electron chi connectivity index (χ0n) is 11.3. The molecule has 2 amide bonds. The Balaban J connectivity index is 2.42. The Labute approximate surface area is 113 Å². The molecule has 0 unspecified atom stereocenters. The van der Waals surface area contributed by atoms with Crippen molar-refractivity contribution < 1.29 is 14.7 Å². The summed E-state index contributed by atoms with van der Waals surface area (Å²) in [6.07, 6.45) is 0.153. The number of nitrogens with zero attached hydrogens (tertiary/aromatic N) is 1. The molecule has 0 saturated carbocycles. The van der Waals surface area contributed by atoms with Crippen molar-refractivity contribution in [1.29, 1.82) is 0 Å². The molecule has 0 aliphatic heterocycles. The quantitative estimate of drug-likeness (QED) is 0.802. The molecule has 0 aliphatic carbocycles. The summed E-state index contributed by atoms with van der Waals surface area (Å²) in [6, 6.07) is 6.52. The number of aromatic hydroxyl groups is 1. The number of carbonyl (C=O) groups is 2. The molecule has 0 saturated heterocycles.